The van der Waals surface area contributed by atoms with Gasteiger partial charge in [-0.2, -0.15) is 0 Å². The van der Waals surface area contributed by atoms with Crippen LogP contribution in [0.15, 0.2) is 48.5 Å². The van der Waals surface area contributed by atoms with Gasteiger partial charge in [0.15, 0.2) is 0 Å². The smallest absolute Gasteiger partial charge is 0.255 e. The average Bonchev–Trinajstić information content (AvgIpc) is 3.03. The van der Waals surface area contributed by atoms with Gasteiger partial charge in [0, 0.05) is 29.9 Å². The van der Waals surface area contributed by atoms with Gasteiger partial charge < -0.3 is 15.0 Å². The molecule has 0 spiro atoms. The van der Waals surface area contributed by atoms with Crippen molar-refractivity contribution in [1.29, 1.82) is 0 Å². The second-order valence-corrected chi connectivity index (χ2v) is 8.30. The van der Waals surface area contributed by atoms with Gasteiger partial charge in [0.1, 0.15) is 5.75 Å². The Bertz CT molecular complexity index is 838. The first-order valence-electron chi connectivity index (χ1n) is 11.0. The Balaban J connectivity index is 1.58. The van der Waals surface area contributed by atoms with Gasteiger partial charge in [0.25, 0.3) is 11.8 Å². The molecule has 0 atom stereocenters. The number of hydrogen-bond donors (Lipinski definition) is 1. The van der Waals surface area contributed by atoms with Crippen LogP contribution in [0.1, 0.15) is 66.7 Å². The summed E-state index contributed by atoms with van der Waals surface area (Å²) >= 11 is 0. The lowest BCUT2D eigenvalue weighted by Gasteiger charge is -2.20. The monoisotopic (exact) mass is 408 g/mol. The molecule has 0 unspecified atom stereocenters. The van der Waals surface area contributed by atoms with Crippen molar-refractivity contribution in [3.63, 3.8) is 0 Å². The highest BCUT2D eigenvalue weighted by molar-refractivity contribution is 6.04. The van der Waals surface area contributed by atoms with Crippen LogP contribution in [0.5, 0.6) is 5.75 Å². The maximum absolute atomic E-state index is 12.7. The van der Waals surface area contributed by atoms with Gasteiger partial charge in [-0.25, -0.2) is 0 Å². The lowest BCUT2D eigenvalue weighted by Crippen LogP contribution is -2.31. The Labute approximate surface area is 179 Å². The Hall–Kier alpha value is -2.82. The number of nitrogens with zero attached hydrogens (tertiary/aromatic N) is 1. The van der Waals surface area contributed by atoms with Crippen LogP contribution in [0, 0.1) is 5.92 Å². The zero-order valence-corrected chi connectivity index (χ0v) is 18.0. The zero-order chi connectivity index (χ0) is 21.3. The van der Waals surface area contributed by atoms with Gasteiger partial charge in [-0.1, -0.05) is 32.8 Å². The Morgan fingerprint density at radius 2 is 1.67 bits per heavy atom. The first kappa shape index (κ1) is 21.9. The number of nitrogens with one attached hydrogen (secondary N) is 1. The van der Waals surface area contributed by atoms with Crippen molar-refractivity contribution in [2.75, 3.05) is 25.0 Å². The number of rotatable bonds is 7. The molecule has 0 saturated carbocycles. The molecule has 2 amide bonds. The zero-order valence-electron chi connectivity index (χ0n) is 18.0. The van der Waals surface area contributed by atoms with Crippen LogP contribution in [-0.2, 0) is 0 Å². The normalized spacial score (nSPS) is 14.3. The molecule has 1 aliphatic heterocycles. The predicted octanol–water partition coefficient (Wildman–Crippen LogP) is 5.38. The summed E-state index contributed by atoms with van der Waals surface area (Å²) in [5.41, 5.74) is 1.87. The van der Waals surface area contributed by atoms with Gasteiger partial charge in [-0.3, -0.25) is 9.59 Å². The molecule has 0 bridgehead atoms. The van der Waals surface area contributed by atoms with E-state index in [2.05, 4.69) is 19.2 Å². The van der Waals surface area contributed by atoms with Crippen LogP contribution < -0.4 is 10.1 Å². The van der Waals surface area contributed by atoms with E-state index in [4.69, 9.17) is 4.74 Å². The third kappa shape index (κ3) is 6.34. The van der Waals surface area contributed by atoms with Gasteiger partial charge in [-0.15, -0.1) is 0 Å². The number of anilines is 1. The quantitative estimate of drug-likeness (QED) is 0.669. The number of carbonyl (C=O) groups is 2. The van der Waals surface area contributed by atoms with E-state index in [1.54, 1.807) is 36.4 Å². The molecule has 1 aliphatic rings. The molecule has 3 rings (SSSR count). The third-order valence-electron chi connectivity index (χ3n) is 5.34. The highest BCUT2D eigenvalue weighted by Gasteiger charge is 2.17. The SMILES string of the molecule is CC(C)CCOc1cccc(C(=O)Nc2ccc(C(=O)N3CCCCCC3)cc2)c1. The standard InChI is InChI=1S/C25H32N2O3/c1-19(2)14-17-30-23-9-7-8-21(18-23)24(28)26-22-12-10-20(11-13-22)25(29)27-15-5-3-4-6-16-27/h7-13,18-19H,3-6,14-17H2,1-2H3,(H,26,28). The largest absolute Gasteiger partial charge is 0.494 e. The maximum Gasteiger partial charge on any atom is 0.255 e. The molecule has 2 aromatic rings. The first-order chi connectivity index (χ1) is 14.5. The van der Waals surface area contributed by atoms with E-state index in [1.165, 1.54) is 12.8 Å². The van der Waals surface area contributed by atoms with E-state index >= 15 is 0 Å². The van der Waals surface area contributed by atoms with E-state index in [0.717, 1.165) is 32.4 Å². The van der Waals surface area contributed by atoms with E-state index in [9.17, 15) is 9.59 Å². The fourth-order valence-electron chi connectivity index (χ4n) is 3.50. The van der Waals surface area contributed by atoms with Crippen LogP contribution >= 0.6 is 0 Å². The molecule has 2 aromatic carbocycles. The third-order valence-corrected chi connectivity index (χ3v) is 5.34. The van der Waals surface area contributed by atoms with Crippen molar-refractivity contribution in [1.82, 2.24) is 4.90 Å². The van der Waals surface area contributed by atoms with Crippen LogP contribution in [-0.4, -0.2) is 36.4 Å². The number of carbonyl (C=O) groups excluding carboxylic acids is 2. The van der Waals surface area contributed by atoms with Crippen molar-refractivity contribution in [2.45, 2.75) is 46.0 Å². The average molecular weight is 409 g/mol. The number of benzene rings is 2. The fraction of sp³-hybridized carbons (Fsp3) is 0.440. The van der Waals surface area contributed by atoms with Crippen molar-refractivity contribution in [2.24, 2.45) is 5.92 Å². The van der Waals surface area contributed by atoms with Crippen LogP contribution in [0.4, 0.5) is 5.69 Å². The van der Waals surface area contributed by atoms with Gasteiger partial charge in [0.05, 0.1) is 6.61 Å². The first-order valence-corrected chi connectivity index (χ1v) is 11.0. The minimum absolute atomic E-state index is 0.0704. The predicted molar refractivity (Wildman–Crippen MR) is 120 cm³/mol. The van der Waals surface area contributed by atoms with Gasteiger partial charge >= 0.3 is 0 Å². The second kappa shape index (κ2) is 10.8. The van der Waals surface area contributed by atoms with E-state index in [-0.39, 0.29) is 11.8 Å². The summed E-state index contributed by atoms with van der Waals surface area (Å²) in [6.45, 7) is 6.59. The van der Waals surface area contributed by atoms with Crippen molar-refractivity contribution >= 4 is 17.5 Å². The van der Waals surface area contributed by atoms with E-state index in [0.29, 0.717) is 35.1 Å². The van der Waals surface area contributed by atoms with Crippen molar-refractivity contribution < 1.29 is 14.3 Å². The highest BCUT2D eigenvalue weighted by Crippen LogP contribution is 2.18. The molecule has 0 aliphatic carbocycles. The molecule has 0 radical (unpaired) electrons. The molecule has 1 heterocycles. The second-order valence-electron chi connectivity index (χ2n) is 8.30. The summed E-state index contributed by atoms with van der Waals surface area (Å²) < 4.78 is 5.74. The minimum Gasteiger partial charge on any atom is -0.494 e. The lowest BCUT2D eigenvalue weighted by molar-refractivity contribution is 0.0761. The molecule has 1 fully saturated rings. The molecule has 160 valence electrons. The Morgan fingerprint density at radius 3 is 2.33 bits per heavy atom. The molecular weight excluding hydrogens is 376 g/mol. The number of hydrogen-bond acceptors (Lipinski definition) is 3. The molecule has 1 N–H and O–H groups in total. The van der Waals surface area contributed by atoms with Crippen LogP contribution in [0.25, 0.3) is 0 Å². The number of amides is 2. The summed E-state index contributed by atoms with van der Waals surface area (Å²) in [5, 5.41) is 2.90. The van der Waals surface area contributed by atoms with Crippen molar-refractivity contribution in [3.8, 4) is 5.75 Å². The lowest BCUT2D eigenvalue weighted by atomic mass is 10.1. The molecule has 1 saturated heterocycles. The van der Waals surface area contributed by atoms with Crippen LogP contribution in [0.3, 0.4) is 0 Å². The van der Waals surface area contributed by atoms with Crippen LogP contribution in [0.2, 0.25) is 0 Å². The van der Waals surface area contributed by atoms with Gasteiger partial charge in [-0.05, 0) is 67.6 Å². The fourth-order valence-corrected chi connectivity index (χ4v) is 3.50. The molecule has 0 aromatic heterocycles. The maximum atomic E-state index is 12.7. The summed E-state index contributed by atoms with van der Waals surface area (Å²) in [7, 11) is 0. The molecule has 5 heteroatoms. The minimum atomic E-state index is -0.198. The number of ether oxygens (including phenoxy) is 1. The summed E-state index contributed by atoms with van der Waals surface area (Å²) in [6, 6.07) is 14.3. The van der Waals surface area contributed by atoms with Crippen molar-refractivity contribution in [3.05, 3.63) is 59.7 Å². The summed E-state index contributed by atoms with van der Waals surface area (Å²) in [6.07, 6.45) is 5.50. The summed E-state index contributed by atoms with van der Waals surface area (Å²) in [5.74, 6) is 1.14. The van der Waals surface area contributed by atoms with E-state index < -0.39 is 0 Å². The topological polar surface area (TPSA) is 58.6 Å². The Morgan fingerprint density at radius 1 is 0.967 bits per heavy atom. The molecule has 5 nitrogen and oxygen atoms in total. The molecular formula is C25H32N2O3. The van der Waals surface area contributed by atoms with E-state index in [1.807, 2.05) is 17.0 Å². The number of likely N-dealkylation sites (tertiary alicyclic amines) is 1. The Kier molecular flexibility index (Phi) is 7.89. The summed E-state index contributed by atoms with van der Waals surface area (Å²) in [4.78, 5) is 27.2. The van der Waals surface area contributed by atoms with Gasteiger partial charge in [0.2, 0.25) is 0 Å². The highest BCUT2D eigenvalue weighted by atomic mass is 16.5. The molecule has 30 heavy (non-hydrogen) atoms.